The van der Waals surface area contributed by atoms with Gasteiger partial charge in [-0.15, -0.1) is 0 Å². The Bertz CT molecular complexity index is 591. The molecule has 0 bridgehead atoms. The summed E-state index contributed by atoms with van der Waals surface area (Å²) in [5.74, 6) is 0.126. The molecule has 30 heavy (non-hydrogen) atoms. The van der Waals surface area contributed by atoms with Crippen LogP contribution in [0.1, 0.15) is 80.6 Å². The molecule has 6 unspecified atom stereocenters. The number of Topliss-reactive ketones (excluding diaryl/α,β-unsaturated/α-hetero) is 2. The van der Waals surface area contributed by atoms with E-state index in [1.165, 1.54) is 0 Å². The van der Waals surface area contributed by atoms with Crippen molar-refractivity contribution in [1.29, 1.82) is 0 Å². The van der Waals surface area contributed by atoms with E-state index in [-0.39, 0.29) is 41.5 Å². The Morgan fingerprint density at radius 2 is 1.57 bits per heavy atom. The number of carbonyl (C=O) groups is 2. The highest BCUT2D eigenvalue weighted by Crippen LogP contribution is 2.53. The standard InChI is InChI=1S/C20H29NO3.3C2H6/c1-11-5-6-14-15-7-8-20(10-22,21-4)9-12(2)16(15)13(3)19(24)17(14)18(11)23;3*1-2/h12,14-17,21-22H,1,3,5-10H2,2,4H3;3*1-2H3. The predicted octanol–water partition coefficient (Wildman–Crippen LogP) is 5.36. The van der Waals surface area contributed by atoms with E-state index >= 15 is 0 Å². The largest absolute Gasteiger partial charge is 0.394 e. The Hall–Kier alpha value is -1.26. The number of aliphatic hydroxyl groups excluding tert-OH is 1. The summed E-state index contributed by atoms with van der Waals surface area (Å²) in [6.07, 6.45) is 4.18. The molecule has 0 heterocycles. The van der Waals surface area contributed by atoms with Crippen molar-refractivity contribution in [3.05, 3.63) is 24.3 Å². The van der Waals surface area contributed by atoms with Gasteiger partial charge in [0.15, 0.2) is 11.6 Å². The first kappa shape index (κ1) is 28.7. The summed E-state index contributed by atoms with van der Waals surface area (Å²) in [5, 5.41) is 13.2. The summed E-state index contributed by atoms with van der Waals surface area (Å²) in [5.41, 5.74) is 0.928. The summed E-state index contributed by atoms with van der Waals surface area (Å²) in [6.45, 7) is 22.2. The lowest BCUT2D eigenvalue weighted by atomic mass is 9.56. The molecule has 0 saturated heterocycles. The fourth-order valence-electron chi connectivity index (χ4n) is 5.61. The number of hydrogen-bond donors (Lipinski definition) is 2. The van der Waals surface area contributed by atoms with Gasteiger partial charge in [-0.25, -0.2) is 0 Å². The van der Waals surface area contributed by atoms with Crippen LogP contribution in [0, 0.1) is 29.6 Å². The molecule has 3 aliphatic carbocycles. The predicted molar refractivity (Wildman–Crippen MR) is 127 cm³/mol. The first-order valence-corrected chi connectivity index (χ1v) is 12.1. The van der Waals surface area contributed by atoms with E-state index in [0.717, 1.165) is 25.7 Å². The SMILES string of the molecule is C=C1CCC2C(C1=O)C(=O)C(=C)C1C(C)CC(CO)(NC)CCC21.CC.CC.CC. The summed E-state index contributed by atoms with van der Waals surface area (Å²) < 4.78 is 0. The quantitative estimate of drug-likeness (QED) is 0.465. The molecule has 4 heteroatoms. The van der Waals surface area contributed by atoms with E-state index in [1.807, 2.05) is 48.6 Å². The van der Waals surface area contributed by atoms with Gasteiger partial charge in [-0.3, -0.25) is 9.59 Å². The van der Waals surface area contributed by atoms with Crippen LogP contribution in [0.2, 0.25) is 0 Å². The summed E-state index contributed by atoms with van der Waals surface area (Å²) in [7, 11) is 1.90. The maximum atomic E-state index is 12.9. The normalized spacial score (nSPS) is 35.2. The van der Waals surface area contributed by atoms with E-state index in [0.29, 0.717) is 23.5 Å². The average Bonchev–Trinajstić information content (AvgIpc) is 2.95. The Balaban J connectivity index is 0.00000129. The number of aliphatic hydroxyl groups is 1. The molecule has 0 radical (unpaired) electrons. The van der Waals surface area contributed by atoms with E-state index < -0.39 is 5.92 Å². The van der Waals surface area contributed by atoms with E-state index in [9.17, 15) is 14.7 Å². The summed E-state index contributed by atoms with van der Waals surface area (Å²) >= 11 is 0. The third kappa shape index (κ3) is 5.50. The van der Waals surface area contributed by atoms with Crippen LogP contribution in [0.3, 0.4) is 0 Å². The lowest BCUT2D eigenvalue weighted by Gasteiger charge is -2.46. The van der Waals surface area contributed by atoms with Crippen molar-refractivity contribution in [1.82, 2.24) is 5.32 Å². The second kappa shape index (κ2) is 13.2. The van der Waals surface area contributed by atoms with Crippen molar-refractivity contribution in [3.8, 4) is 0 Å². The first-order chi connectivity index (χ1) is 14.3. The number of likely N-dealkylation sites (N-methyl/N-ethyl adjacent to an activating group) is 1. The average molecular weight is 422 g/mol. The fraction of sp³-hybridized carbons (Fsp3) is 0.769. The van der Waals surface area contributed by atoms with Crippen LogP contribution in [0.15, 0.2) is 24.3 Å². The second-order valence-electron chi connectivity index (χ2n) is 8.14. The van der Waals surface area contributed by atoms with Gasteiger partial charge in [-0.2, -0.15) is 0 Å². The minimum atomic E-state index is -0.552. The molecule has 0 aromatic heterocycles. The number of fused-ring (bicyclic) bond motifs is 3. The molecule has 6 atom stereocenters. The highest BCUT2D eigenvalue weighted by Gasteiger charge is 2.54. The molecular weight excluding hydrogens is 374 g/mol. The molecule has 3 rings (SSSR count). The number of rotatable bonds is 2. The maximum Gasteiger partial charge on any atom is 0.169 e. The highest BCUT2D eigenvalue weighted by molar-refractivity contribution is 6.16. The molecule has 3 saturated carbocycles. The number of ketones is 2. The number of hydrogen-bond acceptors (Lipinski definition) is 4. The molecule has 0 amide bonds. The van der Waals surface area contributed by atoms with Gasteiger partial charge < -0.3 is 10.4 Å². The molecule has 3 aliphatic rings. The van der Waals surface area contributed by atoms with Crippen LogP contribution in [-0.2, 0) is 9.59 Å². The van der Waals surface area contributed by atoms with Gasteiger partial charge in [0, 0.05) is 5.54 Å². The number of carbonyl (C=O) groups excluding carboxylic acids is 2. The lowest BCUT2D eigenvalue weighted by Crippen LogP contribution is -2.49. The molecule has 0 spiro atoms. The van der Waals surface area contributed by atoms with Crippen molar-refractivity contribution in [2.24, 2.45) is 29.6 Å². The van der Waals surface area contributed by atoms with Gasteiger partial charge >= 0.3 is 0 Å². The van der Waals surface area contributed by atoms with Crippen LogP contribution in [0.25, 0.3) is 0 Å². The van der Waals surface area contributed by atoms with Crippen LogP contribution in [-0.4, -0.2) is 35.9 Å². The zero-order valence-electron chi connectivity index (χ0n) is 20.8. The zero-order valence-corrected chi connectivity index (χ0v) is 20.8. The van der Waals surface area contributed by atoms with Crippen LogP contribution >= 0.6 is 0 Å². The number of allylic oxidation sites excluding steroid dienone is 2. The topological polar surface area (TPSA) is 66.4 Å². The minimum Gasteiger partial charge on any atom is -0.394 e. The molecule has 0 aliphatic heterocycles. The van der Waals surface area contributed by atoms with Gasteiger partial charge in [0.1, 0.15) is 0 Å². The monoisotopic (exact) mass is 421 g/mol. The highest BCUT2D eigenvalue weighted by atomic mass is 16.3. The number of nitrogens with one attached hydrogen (secondary N) is 1. The Kier molecular flexibility index (Phi) is 12.7. The molecule has 3 fully saturated rings. The summed E-state index contributed by atoms with van der Waals surface area (Å²) in [6, 6.07) is 0. The maximum absolute atomic E-state index is 12.9. The van der Waals surface area contributed by atoms with E-state index in [2.05, 4.69) is 25.4 Å². The van der Waals surface area contributed by atoms with Gasteiger partial charge in [0.25, 0.3) is 0 Å². The molecular formula is C26H47NO3. The van der Waals surface area contributed by atoms with Crippen molar-refractivity contribution in [3.63, 3.8) is 0 Å². The van der Waals surface area contributed by atoms with Crippen LogP contribution < -0.4 is 5.32 Å². The Morgan fingerprint density at radius 1 is 1.00 bits per heavy atom. The van der Waals surface area contributed by atoms with Crippen molar-refractivity contribution in [2.45, 2.75) is 86.1 Å². The third-order valence-corrected chi connectivity index (χ3v) is 6.97. The van der Waals surface area contributed by atoms with Crippen molar-refractivity contribution >= 4 is 11.6 Å². The minimum absolute atomic E-state index is 0.0556. The lowest BCUT2D eigenvalue weighted by molar-refractivity contribution is -0.137. The summed E-state index contributed by atoms with van der Waals surface area (Å²) in [4.78, 5) is 25.5. The Morgan fingerprint density at radius 3 is 2.07 bits per heavy atom. The van der Waals surface area contributed by atoms with Gasteiger partial charge in [0.2, 0.25) is 0 Å². The molecule has 2 N–H and O–H groups in total. The van der Waals surface area contributed by atoms with Gasteiger partial charge in [-0.1, -0.05) is 61.6 Å². The zero-order chi connectivity index (χ0) is 23.6. The van der Waals surface area contributed by atoms with Crippen LogP contribution in [0.4, 0.5) is 0 Å². The molecule has 4 nitrogen and oxygen atoms in total. The second-order valence-corrected chi connectivity index (χ2v) is 8.14. The molecule has 174 valence electrons. The smallest absolute Gasteiger partial charge is 0.169 e. The molecule has 0 aromatic rings. The van der Waals surface area contributed by atoms with Crippen LogP contribution in [0.5, 0.6) is 0 Å². The molecule has 0 aromatic carbocycles. The Labute approximate surface area is 185 Å². The van der Waals surface area contributed by atoms with Crippen molar-refractivity contribution in [2.75, 3.05) is 13.7 Å². The van der Waals surface area contributed by atoms with E-state index in [4.69, 9.17) is 0 Å². The third-order valence-electron chi connectivity index (χ3n) is 6.97. The van der Waals surface area contributed by atoms with Gasteiger partial charge in [-0.05, 0) is 74.0 Å². The van der Waals surface area contributed by atoms with E-state index in [1.54, 1.807) is 0 Å². The fourth-order valence-corrected chi connectivity index (χ4v) is 5.61. The van der Waals surface area contributed by atoms with Gasteiger partial charge in [0.05, 0.1) is 12.5 Å². The first-order valence-electron chi connectivity index (χ1n) is 12.1. The van der Waals surface area contributed by atoms with Crippen molar-refractivity contribution < 1.29 is 14.7 Å².